The Morgan fingerprint density at radius 3 is 1.25 bits per heavy atom. The highest BCUT2D eigenvalue weighted by Gasteiger charge is 1.98. The van der Waals surface area contributed by atoms with Crippen LogP contribution in [0.4, 0.5) is 11.4 Å². The molecule has 6 heteroatoms. The summed E-state index contributed by atoms with van der Waals surface area (Å²) < 4.78 is 0. The molecular weight excluding hydrogens is 352 g/mol. The minimum atomic E-state index is -0.0619. The second-order valence-corrected chi connectivity index (χ2v) is 6.52. The predicted octanol–water partition coefficient (Wildman–Crippen LogP) is 4.30. The largest absolute Gasteiger partial charge is 0.345 e. The molecule has 2 amide bonds. The van der Waals surface area contributed by atoms with Crippen LogP contribution in [-0.2, 0) is 9.59 Å². The van der Waals surface area contributed by atoms with Gasteiger partial charge in [0, 0.05) is 40.3 Å². The number of azo groups is 1. The lowest BCUT2D eigenvalue weighted by Crippen LogP contribution is -2.18. The third-order valence-corrected chi connectivity index (χ3v) is 3.79. The predicted molar refractivity (Wildman–Crippen MR) is 113 cm³/mol. The Balaban J connectivity index is 1.98. The molecule has 6 nitrogen and oxygen atoms in total. The van der Waals surface area contributed by atoms with Gasteiger partial charge in [0.15, 0.2) is 0 Å². The minimum Gasteiger partial charge on any atom is -0.345 e. The summed E-state index contributed by atoms with van der Waals surface area (Å²) in [5, 5.41) is 8.43. The third kappa shape index (κ3) is 6.64. The summed E-state index contributed by atoms with van der Waals surface area (Å²) in [4.78, 5) is 26.1. The Hall–Kier alpha value is -3.54. The number of hydrogen-bond acceptors (Lipinski definition) is 4. The van der Waals surface area contributed by atoms with Crippen LogP contribution >= 0.6 is 0 Å². The van der Waals surface area contributed by atoms with Crippen molar-refractivity contribution in [1.29, 1.82) is 0 Å². The molecule has 0 aromatic heterocycles. The Labute approximate surface area is 165 Å². The van der Waals surface area contributed by atoms with Gasteiger partial charge in [-0.3, -0.25) is 9.59 Å². The van der Waals surface area contributed by atoms with Gasteiger partial charge in [-0.1, -0.05) is 24.3 Å². The zero-order valence-corrected chi connectivity index (χ0v) is 16.5. The molecule has 2 aromatic carbocycles. The van der Waals surface area contributed by atoms with Crippen LogP contribution in [0.1, 0.15) is 11.1 Å². The Kier molecular flexibility index (Phi) is 7.39. The minimum absolute atomic E-state index is 0.0619. The Morgan fingerprint density at radius 1 is 0.643 bits per heavy atom. The van der Waals surface area contributed by atoms with E-state index in [1.165, 1.54) is 22.0 Å². The maximum Gasteiger partial charge on any atom is 0.246 e. The van der Waals surface area contributed by atoms with Crippen molar-refractivity contribution in [3.05, 3.63) is 71.8 Å². The number of hydrogen-bond donors (Lipinski definition) is 0. The van der Waals surface area contributed by atoms with E-state index in [2.05, 4.69) is 10.2 Å². The first-order chi connectivity index (χ1) is 13.3. The van der Waals surface area contributed by atoms with Gasteiger partial charge in [-0.05, 0) is 47.5 Å². The average Bonchev–Trinajstić information content (AvgIpc) is 2.69. The first kappa shape index (κ1) is 20.8. The lowest BCUT2D eigenvalue weighted by atomic mass is 10.2. The van der Waals surface area contributed by atoms with E-state index in [-0.39, 0.29) is 11.8 Å². The molecule has 0 N–H and O–H groups in total. The van der Waals surface area contributed by atoms with E-state index >= 15 is 0 Å². The summed E-state index contributed by atoms with van der Waals surface area (Å²) in [7, 11) is 6.84. The molecular formula is C22H24N4O2. The first-order valence-electron chi connectivity index (χ1n) is 8.76. The number of rotatable bonds is 6. The van der Waals surface area contributed by atoms with Crippen molar-refractivity contribution in [2.45, 2.75) is 0 Å². The maximum atomic E-state index is 11.6. The molecule has 0 aliphatic carbocycles. The topological polar surface area (TPSA) is 65.3 Å². The number of likely N-dealkylation sites (N-methyl/N-ethyl adjacent to an activating group) is 2. The van der Waals surface area contributed by atoms with Crippen LogP contribution < -0.4 is 0 Å². The standard InChI is InChI=1S/C22H24N4O2/c1-25(2)21(27)15-9-17-5-11-19(12-6-17)23-24-20-13-7-18(8-14-20)10-16-22(28)26(3)4/h5-16H,1-4H3/b15-9+,16-10+,24-23?. The van der Waals surface area contributed by atoms with Gasteiger partial charge in [-0.2, -0.15) is 10.2 Å². The Bertz CT molecular complexity index is 818. The fraction of sp³-hybridized carbons (Fsp3) is 0.182. The molecule has 2 aromatic rings. The van der Waals surface area contributed by atoms with Crippen LogP contribution in [0, 0.1) is 0 Å². The highest BCUT2D eigenvalue weighted by atomic mass is 16.2. The van der Waals surface area contributed by atoms with E-state index in [1.54, 1.807) is 40.3 Å². The molecule has 0 unspecified atom stereocenters. The van der Waals surface area contributed by atoms with E-state index in [4.69, 9.17) is 0 Å². The highest BCUT2D eigenvalue weighted by molar-refractivity contribution is 5.91. The van der Waals surface area contributed by atoms with Crippen LogP contribution in [0.15, 0.2) is 70.9 Å². The SMILES string of the molecule is CN(C)C(=O)/C=C/c1ccc(N=Nc2ccc(/C=C/C(=O)N(C)C)cc2)cc1. The number of nitrogens with zero attached hydrogens (tertiary/aromatic N) is 4. The molecule has 2 rings (SSSR count). The molecule has 0 heterocycles. The monoisotopic (exact) mass is 376 g/mol. The summed E-state index contributed by atoms with van der Waals surface area (Å²) in [6.07, 6.45) is 6.57. The molecule has 0 spiro atoms. The number of amides is 2. The fourth-order valence-electron chi connectivity index (χ4n) is 2.05. The number of benzene rings is 2. The molecule has 0 aliphatic rings. The van der Waals surface area contributed by atoms with Crippen LogP contribution in [0.3, 0.4) is 0 Å². The highest BCUT2D eigenvalue weighted by Crippen LogP contribution is 2.20. The second-order valence-electron chi connectivity index (χ2n) is 6.52. The molecule has 0 bridgehead atoms. The van der Waals surface area contributed by atoms with Crippen molar-refractivity contribution in [3.63, 3.8) is 0 Å². The zero-order chi connectivity index (χ0) is 20.5. The molecule has 0 fully saturated rings. The van der Waals surface area contributed by atoms with Crippen molar-refractivity contribution in [2.24, 2.45) is 10.2 Å². The maximum absolute atomic E-state index is 11.6. The van der Waals surface area contributed by atoms with Crippen molar-refractivity contribution in [1.82, 2.24) is 9.80 Å². The molecule has 0 radical (unpaired) electrons. The summed E-state index contributed by atoms with van der Waals surface area (Å²) in [6.45, 7) is 0. The van der Waals surface area contributed by atoms with Crippen molar-refractivity contribution in [3.8, 4) is 0 Å². The van der Waals surface area contributed by atoms with Gasteiger partial charge in [0.25, 0.3) is 0 Å². The first-order valence-corrected chi connectivity index (χ1v) is 8.76. The number of carbonyl (C=O) groups is 2. The summed E-state index contributed by atoms with van der Waals surface area (Å²) in [5.74, 6) is -0.124. The molecule has 0 saturated carbocycles. The quantitative estimate of drug-likeness (QED) is 0.557. The smallest absolute Gasteiger partial charge is 0.246 e. The van der Waals surface area contributed by atoms with Gasteiger partial charge in [0.2, 0.25) is 11.8 Å². The molecule has 0 atom stereocenters. The van der Waals surface area contributed by atoms with Gasteiger partial charge in [-0.15, -0.1) is 0 Å². The summed E-state index contributed by atoms with van der Waals surface area (Å²) in [5.41, 5.74) is 3.27. The van der Waals surface area contributed by atoms with Crippen LogP contribution in [0.5, 0.6) is 0 Å². The van der Waals surface area contributed by atoms with E-state index in [1.807, 2.05) is 48.5 Å². The molecule has 28 heavy (non-hydrogen) atoms. The van der Waals surface area contributed by atoms with E-state index < -0.39 is 0 Å². The van der Waals surface area contributed by atoms with E-state index in [0.717, 1.165) is 22.5 Å². The van der Waals surface area contributed by atoms with Gasteiger partial charge in [0.1, 0.15) is 0 Å². The molecule has 144 valence electrons. The van der Waals surface area contributed by atoms with Gasteiger partial charge in [0.05, 0.1) is 11.4 Å². The van der Waals surface area contributed by atoms with Crippen LogP contribution in [-0.4, -0.2) is 49.8 Å². The normalized spacial score (nSPS) is 11.4. The fourth-order valence-corrected chi connectivity index (χ4v) is 2.05. The molecule has 0 aliphatic heterocycles. The average molecular weight is 376 g/mol. The summed E-state index contributed by atoms with van der Waals surface area (Å²) in [6, 6.07) is 14.9. The van der Waals surface area contributed by atoms with E-state index in [9.17, 15) is 9.59 Å². The van der Waals surface area contributed by atoms with Gasteiger partial charge >= 0.3 is 0 Å². The second kappa shape index (κ2) is 9.97. The lowest BCUT2D eigenvalue weighted by Gasteiger charge is -2.05. The van der Waals surface area contributed by atoms with Crippen LogP contribution in [0.25, 0.3) is 12.2 Å². The van der Waals surface area contributed by atoms with Crippen molar-refractivity contribution >= 4 is 35.3 Å². The van der Waals surface area contributed by atoms with Gasteiger partial charge in [-0.25, -0.2) is 0 Å². The third-order valence-electron chi connectivity index (χ3n) is 3.79. The van der Waals surface area contributed by atoms with Gasteiger partial charge < -0.3 is 9.80 Å². The zero-order valence-electron chi connectivity index (χ0n) is 16.5. The molecule has 0 saturated heterocycles. The Morgan fingerprint density at radius 2 is 0.964 bits per heavy atom. The lowest BCUT2D eigenvalue weighted by molar-refractivity contribution is -0.124. The van der Waals surface area contributed by atoms with Crippen molar-refractivity contribution < 1.29 is 9.59 Å². The van der Waals surface area contributed by atoms with Crippen molar-refractivity contribution in [2.75, 3.05) is 28.2 Å². The summed E-state index contributed by atoms with van der Waals surface area (Å²) >= 11 is 0. The van der Waals surface area contributed by atoms with E-state index in [0.29, 0.717) is 0 Å². The number of carbonyl (C=O) groups excluding carboxylic acids is 2. The van der Waals surface area contributed by atoms with Crippen LogP contribution in [0.2, 0.25) is 0 Å².